The number of nitrogens with zero attached hydrogens (tertiary/aromatic N) is 2. The van der Waals surface area contributed by atoms with Crippen LogP contribution < -0.4 is 5.32 Å². The molecule has 2 aromatic rings. The summed E-state index contributed by atoms with van der Waals surface area (Å²) in [6, 6.07) is 3.86. The number of aromatic amines is 1. The van der Waals surface area contributed by atoms with Gasteiger partial charge in [0.2, 0.25) is 5.91 Å². The van der Waals surface area contributed by atoms with E-state index in [2.05, 4.69) is 27.4 Å². The topological polar surface area (TPSA) is 70.7 Å². The molecule has 0 bridgehead atoms. The molecule has 0 saturated heterocycles. The number of amides is 1. The average Bonchev–Trinajstić information content (AvgIpc) is 3.22. The van der Waals surface area contributed by atoms with E-state index < -0.39 is 0 Å². The number of carbonyl (C=O) groups is 1. The SMILES string of the molecule is CCc1c(NC(=O)C2CC2)n[nH]c1-c1ccncc1. The lowest BCUT2D eigenvalue weighted by atomic mass is 10.1. The van der Waals surface area contributed by atoms with Gasteiger partial charge in [0.05, 0.1) is 5.69 Å². The minimum atomic E-state index is 0.0856. The van der Waals surface area contributed by atoms with E-state index in [1.807, 2.05) is 12.1 Å². The van der Waals surface area contributed by atoms with Crippen LogP contribution in [0.4, 0.5) is 5.82 Å². The Morgan fingerprint density at radius 3 is 2.79 bits per heavy atom. The van der Waals surface area contributed by atoms with Crippen molar-refractivity contribution in [2.45, 2.75) is 26.2 Å². The predicted molar refractivity (Wildman–Crippen MR) is 72.6 cm³/mol. The number of H-pyrrole nitrogens is 1. The van der Waals surface area contributed by atoms with Crippen molar-refractivity contribution in [2.24, 2.45) is 5.92 Å². The Labute approximate surface area is 111 Å². The number of pyridine rings is 1. The first-order valence-corrected chi connectivity index (χ1v) is 6.58. The second-order valence-electron chi connectivity index (χ2n) is 4.78. The first-order valence-electron chi connectivity index (χ1n) is 6.58. The Hall–Kier alpha value is -2.17. The maximum Gasteiger partial charge on any atom is 0.228 e. The van der Waals surface area contributed by atoms with Gasteiger partial charge in [0, 0.05) is 29.4 Å². The summed E-state index contributed by atoms with van der Waals surface area (Å²) >= 11 is 0. The molecular formula is C14H16N4O. The van der Waals surface area contributed by atoms with Gasteiger partial charge >= 0.3 is 0 Å². The molecule has 98 valence electrons. The zero-order valence-corrected chi connectivity index (χ0v) is 10.8. The summed E-state index contributed by atoms with van der Waals surface area (Å²) in [5.41, 5.74) is 3.03. The second-order valence-corrected chi connectivity index (χ2v) is 4.78. The van der Waals surface area contributed by atoms with Crippen molar-refractivity contribution in [3.63, 3.8) is 0 Å². The van der Waals surface area contributed by atoms with Crippen LogP contribution in [0, 0.1) is 5.92 Å². The molecule has 1 fully saturated rings. The van der Waals surface area contributed by atoms with E-state index in [1.165, 1.54) is 0 Å². The van der Waals surface area contributed by atoms with Gasteiger partial charge in [0.25, 0.3) is 0 Å². The minimum absolute atomic E-state index is 0.0856. The molecule has 0 aromatic carbocycles. The maximum absolute atomic E-state index is 11.8. The summed E-state index contributed by atoms with van der Waals surface area (Å²) in [5.74, 6) is 0.930. The number of anilines is 1. The third-order valence-corrected chi connectivity index (χ3v) is 3.38. The van der Waals surface area contributed by atoms with Gasteiger partial charge in [-0.3, -0.25) is 14.9 Å². The molecule has 2 N–H and O–H groups in total. The molecule has 19 heavy (non-hydrogen) atoms. The molecule has 0 aliphatic heterocycles. The van der Waals surface area contributed by atoms with E-state index in [1.54, 1.807) is 12.4 Å². The molecule has 1 aliphatic carbocycles. The maximum atomic E-state index is 11.8. The molecule has 1 saturated carbocycles. The minimum Gasteiger partial charge on any atom is -0.309 e. The fraction of sp³-hybridized carbons (Fsp3) is 0.357. The lowest BCUT2D eigenvalue weighted by Crippen LogP contribution is -2.14. The van der Waals surface area contributed by atoms with Crippen molar-refractivity contribution >= 4 is 11.7 Å². The van der Waals surface area contributed by atoms with Crippen LogP contribution >= 0.6 is 0 Å². The Morgan fingerprint density at radius 1 is 1.42 bits per heavy atom. The van der Waals surface area contributed by atoms with E-state index >= 15 is 0 Å². The van der Waals surface area contributed by atoms with E-state index in [-0.39, 0.29) is 11.8 Å². The highest BCUT2D eigenvalue weighted by Crippen LogP contribution is 2.32. The quantitative estimate of drug-likeness (QED) is 0.882. The molecule has 1 amide bonds. The van der Waals surface area contributed by atoms with Crippen molar-refractivity contribution in [1.82, 2.24) is 15.2 Å². The Bertz CT molecular complexity index is 587. The molecule has 0 unspecified atom stereocenters. The molecule has 2 aromatic heterocycles. The van der Waals surface area contributed by atoms with Gasteiger partial charge in [-0.15, -0.1) is 0 Å². The van der Waals surface area contributed by atoms with Crippen LogP contribution in [0.15, 0.2) is 24.5 Å². The molecule has 5 nitrogen and oxygen atoms in total. The average molecular weight is 256 g/mol. The monoisotopic (exact) mass is 256 g/mol. The smallest absolute Gasteiger partial charge is 0.228 e. The lowest BCUT2D eigenvalue weighted by Gasteiger charge is -2.04. The number of nitrogens with one attached hydrogen (secondary N) is 2. The third kappa shape index (κ3) is 2.36. The molecule has 0 atom stereocenters. The van der Waals surface area contributed by atoms with Crippen LogP contribution in [-0.2, 0) is 11.2 Å². The second kappa shape index (κ2) is 4.84. The zero-order chi connectivity index (χ0) is 13.2. The third-order valence-electron chi connectivity index (χ3n) is 3.38. The number of rotatable bonds is 4. The highest BCUT2D eigenvalue weighted by atomic mass is 16.2. The van der Waals surface area contributed by atoms with Crippen LogP contribution in [0.25, 0.3) is 11.3 Å². The molecular weight excluding hydrogens is 240 g/mol. The summed E-state index contributed by atoms with van der Waals surface area (Å²) in [6.45, 7) is 2.06. The fourth-order valence-electron chi connectivity index (χ4n) is 2.13. The van der Waals surface area contributed by atoms with E-state index in [9.17, 15) is 4.79 Å². The summed E-state index contributed by atoms with van der Waals surface area (Å²) < 4.78 is 0. The normalized spacial score (nSPS) is 14.4. The van der Waals surface area contributed by atoms with Crippen LogP contribution in [0.3, 0.4) is 0 Å². The Kier molecular flexibility index (Phi) is 3.03. The van der Waals surface area contributed by atoms with Gasteiger partial charge in [-0.25, -0.2) is 0 Å². The lowest BCUT2D eigenvalue weighted by molar-refractivity contribution is -0.117. The Morgan fingerprint density at radius 2 is 2.16 bits per heavy atom. The number of carbonyl (C=O) groups excluding carboxylic acids is 1. The fourth-order valence-corrected chi connectivity index (χ4v) is 2.13. The number of hydrogen-bond donors (Lipinski definition) is 2. The summed E-state index contributed by atoms with van der Waals surface area (Å²) in [5, 5.41) is 10.2. The van der Waals surface area contributed by atoms with Crippen molar-refractivity contribution < 1.29 is 4.79 Å². The van der Waals surface area contributed by atoms with Crippen LogP contribution in [0.5, 0.6) is 0 Å². The van der Waals surface area contributed by atoms with Crippen molar-refractivity contribution in [2.75, 3.05) is 5.32 Å². The zero-order valence-electron chi connectivity index (χ0n) is 10.8. The Balaban J connectivity index is 1.90. The van der Waals surface area contributed by atoms with Crippen LogP contribution in [-0.4, -0.2) is 21.1 Å². The van der Waals surface area contributed by atoms with Gasteiger partial charge in [-0.1, -0.05) is 6.92 Å². The van der Waals surface area contributed by atoms with Gasteiger partial charge in [0.1, 0.15) is 0 Å². The first-order chi connectivity index (χ1) is 9.29. The number of aromatic nitrogens is 3. The van der Waals surface area contributed by atoms with E-state index in [0.29, 0.717) is 5.82 Å². The van der Waals surface area contributed by atoms with Crippen molar-refractivity contribution in [3.05, 3.63) is 30.1 Å². The van der Waals surface area contributed by atoms with Gasteiger partial charge in [-0.05, 0) is 31.4 Å². The van der Waals surface area contributed by atoms with E-state index in [0.717, 1.165) is 36.1 Å². The molecule has 5 heteroatoms. The van der Waals surface area contributed by atoms with Gasteiger partial charge in [-0.2, -0.15) is 5.10 Å². The van der Waals surface area contributed by atoms with Crippen molar-refractivity contribution in [3.8, 4) is 11.3 Å². The summed E-state index contributed by atoms with van der Waals surface area (Å²) in [6.07, 6.45) is 6.30. The van der Waals surface area contributed by atoms with Gasteiger partial charge < -0.3 is 5.32 Å². The van der Waals surface area contributed by atoms with Crippen molar-refractivity contribution in [1.29, 1.82) is 0 Å². The number of hydrogen-bond acceptors (Lipinski definition) is 3. The van der Waals surface area contributed by atoms with Crippen LogP contribution in [0.2, 0.25) is 0 Å². The van der Waals surface area contributed by atoms with Crippen LogP contribution in [0.1, 0.15) is 25.3 Å². The first kappa shape index (κ1) is 11.9. The molecule has 1 aliphatic rings. The van der Waals surface area contributed by atoms with E-state index in [4.69, 9.17) is 0 Å². The molecule has 3 rings (SSSR count). The predicted octanol–water partition coefficient (Wildman–Crippen LogP) is 2.38. The highest BCUT2D eigenvalue weighted by Gasteiger charge is 2.30. The largest absolute Gasteiger partial charge is 0.309 e. The summed E-state index contributed by atoms with van der Waals surface area (Å²) in [7, 11) is 0. The molecule has 2 heterocycles. The molecule has 0 spiro atoms. The highest BCUT2D eigenvalue weighted by molar-refractivity contribution is 5.94. The van der Waals surface area contributed by atoms with Gasteiger partial charge in [0.15, 0.2) is 5.82 Å². The molecule has 0 radical (unpaired) electrons. The summed E-state index contributed by atoms with van der Waals surface area (Å²) in [4.78, 5) is 15.8. The standard InChI is InChI=1S/C14H16N4O/c1-2-11-12(9-5-7-15-8-6-9)17-18-13(11)16-14(19)10-3-4-10/h5-8,10H,2-4H2,1H3,(H2,16,17,18,19).